The Morgan fingerprint density at radius 1 is 1.18 bits per heavy atom. The third-order valence-corrected chi connectivity index (χ3v) is 4.57. The van der Waals surface area contributed by atoms with Crippen molar-refractivity contribution < 1.29 is 23.9 Å². The van der Waals surface area contributed by atoms with Crippen LogP contribution in [-0.2, 0) is 25.5 Å². The first kappa shape index (κ1) is 21.7. The van der Waals surface area contributed by atoms with Crippen molar-refractivity contribution in [1.29, 1.82) is 0 Å². The lowest BCUT2D eigenvalue weighted by molar-refractivity contribution is -0.143. The number of rotatable bonds is 12. The first-order valence-corrected chi connectivity index (χ1v) is 9.94. The van der Waals surface area contributed by atoms with E-state index in [9.17, 15) is 14.4 Å². The highest BCUT2D eigenvalue weighted by atomic mass is 16.6. The molecule has 1 unspecified atom stereocenters. The number of hydrogen-bond acceptors (Lipinski definition) is 5. The maximum atomic E-state index is 12.1. The van der Waals surface area contributed by atoms with Crippen molar-refractivity contribution in [3.8, 4) is 0 Å². The molecule has 0 saturated carbocycles. The standard InChI is InChI=1S/C22H29NO5/c1-2-27-21(25)12-8-3-4-9-15-23-19(17-28-22(23)26)13-14-20(24)16-18-10-6-5-7-11-18/h5-7,10-11,13-14,19H,2-4,8-9,12,15-17H2,1H3/b14-13+. The summed E-state index contributed by atoms with van der Waals surface area (Å²) in [6, 6.07) is 9.37. The smallest absolute Gasteiger partial charge is 0.410 e. The molecule has 0 N–H and O–H groups in total. The van der Waals surface area contributed by atoms with Crippen molar-refractivity contribution in [3.63, 3.8) is 0 Å². The molecule has 0 aliphatic carbocycles. The van der Waals surface area contributed by atoms with Gasteiger partial charge in [0.1, 0.15) is 6.61 Å². The number of allylic oxidation sites excluding steroid dienone is 1. The van der Waals surface area contributed by atoms with E-state index in [-0.39, 0.29) is 30.5 Å². The fraction of sp³-hybridized carbons (Fsp3) is 0.500. The SMILES string of the molecule is CCOC(=O)CCCCCCN1C(=O)OCC1/C=C/C(=O)Cc1ccccc1. The van der Waals surface area contributed by atoms with E-state index in [2.05, 4.69) is 0 Å². The van der Waals surface area contributed by atoms with Gasteiger partial charge in [0.25, 0.3) is 0 Å². The molecule has 6 nitrogen and oxygen atoms in total. The van der Waals surface area contributed by atoms with E-state index >= 15 is 0 Å². The molecule has 1 aliphatic heterocycles. The summed E-state index contributed by atoms with van der Waals surface area (Å²) >= 11 is 0. The van der Waals surface area contributed by atoms with Crippen molar-refractivity contribution in [2.75, 3.05) is 19.8 Å². The summed E-state index contributed by atoms with van der Waals surface area (Å²) < 4.78 is 10.0. The maximum Gasteiger partial charge on any atom is 0.410 e. The summed E-state index contributed by atoms with van der Waals surface area (Å²) in [5, 5.41) is 0. The predicted molar refractivity (Wildman–Crippen MR) is 106 cm³/mol. The number of cyclic esters (lactones) is 1. The predicted octanol–water partition coefficient (Wildman–Crippen LogP) is 3.69. The lowest BCUT2D eigenvalue weighted by Crippen LogP contribution is -2.33. The van der Waals surface area contributed by atoms with Gasteiger partial charge in [0.15, 0.2) is 5.78 Å². The Kier molecular flexibility index (Phi) is 9.25. The molecule has 1 aromatic rings. The van der Waals surface area contributed by atoms with Gasteiger partial charge in [-0.25, -0.2) is 4.79 Å². The number of carbonyl (C=O) groups is 3. The topological polar surface area (TPSA) is 72.9 Å². The molecular formula is C22H29NO5. The second kappa shape index (κ2) is 12.0. The molecule has 152 valence electrons. The van der Waals surface area contributed by atoms with Crippen LogP contribution < -0.4 is 0 Å². The van der Waals surface area contributed by atoms with Crippen molar-refractivity contribution in [1.82, 2.24) is 4.90 Å². The van der Waals surface area contributed by atoms with Gasteiger partial charge >= 0.3 is 12.1 Å². The lowest BCUT2D eigenvalue weighted by atomic mass is 10.1. The zero-order valence-electron chi connectivity index (χ0n) is 16.5. The Balaban J connectivity index is 1.70. The highest BCUT2D eigenvalue weighted by molar-refractivity contribution is 5.91. The van der Waals surface area contributed by atoms with E-state index in [1.807, 2.05) is 30.3 Å². The second-order valence-corrected chi connectivity index (χ2v) is 6.79. The average Bonchev–Trinajstić information content (AvgIpc) is 3.03. The molecule has 1 aromatic carbocycles. The lowest BCUT2D eigenvalue weighted by Gasteiger charge is -2.18. The van der Waals surface area contributed by atoms with Crippen LogP contribution in [0.3, 0.4) is 0 Å². The number of nitrogens with zero attached hydrogens (tertiary/aromatic N) is 1. The molecule has 1 heterocycles. The van der Waals surface area contributed by atoms with Gasteiger partial charge in [-0.2, -0.15) is 0 Å². The quantitative estimate of drug-likeness (QED) is 0.311. The van der Waals surface area contributed by atoms with Crippen LogP contribution in [0.2, 0.25) is 0 Å². The first-order chi connectivity index (χ1) is 13.6. The number of benzene rings is 1. The van der Waals surface area contributed by atoms with E-state index in [0.717, 1.165) is 31.2 Å². The molecular weight excluding hydrogens is 358 g/mol. The van der Waals surface area contributed by atoms with Gasteiger partial charge in [0.2, 0.25) is 0 Å². The number of hydrogen-bond donors (Lipinski definition) is 0. The monoisotopic (exact) mass is 387 g/mol. The van der Waals surface area contributed by atoms with Crippen LogP contribution in [0, 0.1) is 0 Å². The number of esters is 1. The molecule has 2 rings (SSSR count). The molecule has 0 radical (unpaired) electrons. The van der Waals surface area contributed by atoms with Crippen LogP contribution in [0.25, 0.3) is 0 Å². The minimum atomic E-state index is -0.336. The van der Waals surface area contributed by atoms with Gasteiger partial charge in [0.05, 0.1) is 12.6 Å². The van der Waals surface area contributed by atoms with Crippen molar-refractivity contribution in [2.45, 2.75) is 51.5 Å². The van der Waals surface area contributed by atoms with Crippen LogP contribution >= 0.6 is 0 Å². The second-order valence-electron chi connectivity index (χ2n) is 6.79. The van der Waals surface area contributed by atoms with E-state index in [1.165, 1.54) is 0 Å². The summed E-state index contributed by atoms with van der Waals surface area (Å²) in [5.41, 5.74) is 0.968. The molecule has 1 aliphatic rings. The van der Waals surface area contributed by atoms with Gasteiger partial charge < -0.3 is 9.47 Å². The van der Waals surface area contributed by atoms with Gasteiger partial charge in [-0.3, -0.25) is 14.5 Å². The fourth-order valence-corrected chi connectivity index (χ4v) is 3.09. The van der Waals surface area contributed by atoms with E-state index < -0.39 is 0 Å². The molecule has 0 spiro atoms. The molecule has 6 heteroatoms. The molecule has 28 heavy (non-hydrogen) atoms. The van der Waals surface area contributed by atoms with Crippen LogP contribution in [0.5, 0.6) is 0 Å². The van der Waals surface area contributed by atoms with Crippen LogP contribution in [0.15, 0.2) is 42.5 Å². The van der Waals surface area contributed by atoms with Crippen LogP contribution in [0.4, 0.5) is 4.79 Å². The minimum absolute atomic E-state index is 0.00413. The van der Waals surface area contributed by atoms with Crippen molar-refractivity contribution >= 4 is 17.8 Å². The fourth-order valence-electron chi connectivity index (χ4n) is 3.09. The zero-order chi connectivity index (χ0) is 20.2. The number of ether oxygens (including phenoxy) is 2. The van der Waals surface area contributed by atoms with E-state index in [4.69, 9.17) is 9.47 Å². The molecule has 0 aromatic heterocycles. The van der Waals surface area contributed by atoms with E-state index in [1.54, 1.807) is 24.0 Å². The number of amides is 1. The Hall–Kier alpha value is -2.63. The molecule has 1 saturated heterocycles. The Morgan fingerprint density at radius 2 is 1.93 bits per heavy atom. The summed E-state index contributed by atoms with van der Waals surface area (Å²) in [4.78, 5) is 37.0. The maximum absolute atomic E-state index is 12.1. The Morgan fingerprint density at radius 3 is 2.68 bits per heavy atom. The zero-order valence-corrected chi connectivity index (χ0v) is 16.5. The van der Waals surface area contributed by atoms with Crippen molar-refractivity contribution in [3.05, 3.63) is 48.0 Å². The van der Waals surface area contributed by atoms with Crippen molar-refractivity contribution in [2.24, 2.45) is 0 Å². The highest BCUT2D eigenvalue weighted by Crippen LogP contribution is 2.16. The molecule has 1 fully saturated rings. The number of carbonyl (C=O) groups excluding carboxylic acids is 3. The largest absolute Gasteiger partial charge is 0.466 e. The van der Waals surface area contributed by atoms with E-state index in [0.29, 0.717) is 26.0 Å². The summed E-state index contributed by atoms with van der Waals surface area (Å²) in [5.74, 6) is -0.152. The third-order valence-electron chi connectivity index (χ3n) is 4.57. The van der Waals surface area contributed by atoms with Crippen LogP contribution in [0.1, 0.15) is 44.6 Å². The van der Waals surface area contributed by atoms with Gasteiger partial charge in [-0.1, -0.05) is 49.2 Å². The number of ketones is 1. The first-order valence-electron chi connectivity index (χ1n) is 9.94. The minimum Gasteiger partial charge on any atom is -0.466 e. The summed E-state index contributed by atoms with van der Waals surface area (Å²) in [7, 11) is 0. The number of unbranched alkanes of at least 4 members (excludes halogenated alkanes) is 3. The summed E-state index contributed by atoms with van der Waals surface area (Å²) in [6.07, 6.45) is 7.22. The van der Waals surface area contributed by atoms with Gasteiger partial charge in [-0.15, -0.1) is 0 Å². The van der Waals surface area contributed by atoms with Crippen LogP contribution in [-0.4, -0.2) is 48.5 Å². The van der Waals surface area contributed by atoms with Gasteiger partial charge in [0, 0.05) is 19.4 Å². The molecule has 1 amide bonds. The Labute approximate surface area is 166 Å². The Bertz CT molecular complexity index is 671. The normalized spacial score (nSPS) is 16.4. The third kappa shape index (κ3) is 7.55. The average molecular weight is 387 g/mol. The molecule has 1 atom stereocenters. The summed E-state index contributed by atoms with van der Waals surface area (Å²) in [6.45, 7) is 3.07. The molecule has 0 bridgehead atoms. The van der Waals surface area contributed by atoms with Gasteiger partial charge in [-0.05, 0) is 31.4 Å². The highest BCUT2D eigenvalue weighted by Gasteiger charge is 2.30.